The van der Waals surface area contributed by atoms with Gasteiger partial charge >= 0.3 is 0 Å². The molecule has 1 aliphatic rings. The molecule has 1 saturated carbocycles. The number of hydrogen-bond acceptors (Lipinski definition) is 4. The van der Waals surface area contributed by atoms with Crippen LogP contribution in [0.25, 0.3) is 0 Å². The molecule has 0 bridgehead atoms. The quantitative estimate of drug-likeness (QED) is 0.911. The molecule has 2 rings (SSSR count). The average molecular weight is 265 g/mol. The Hall–Kier alpha value is -1.34. The largest absolute Gasteiger partial charge is 0.366 e. The van der Waals surface area contributed by atoms with Gasteiger partial charge in [0.15, 0.2) is 0 Å². The van der Waals surface area contributed by atoms with Gasteiger partial charge in [0.1, 0.15) is 17.2 Å². The minimum atomic E-state index is 0.218. The molecule has 0 spiro atoms. The van der Waals surface area contributed by atoms with E-state index in [0.717, 1.165) is 43.6 Å². The maximum atomic E-state index is 8.87. The second-order valence-electron chi connectivity index (χ2n) is 4.66. The van der Waals surface area contributed by atoms with E-state index in [-0.39, 0.29) is 5.92 Å². The summed E-state index contributed by atoms with van der Waals surface area (Å²) in [5.74, 6) is 0.944. The molecule has 0 aliphatic heterocycles. The topological polar surface area (TPSA) is 61.6 Å². The fourth-order valence-corrected chi connectivity index (χ4v) is 2.60. The molecule has 96 valence electrons. The maximum absolute atomic E-state index is 8.87. The van der Waals surface area contributed by atoms with Gasteiger partial charge in [0.25, 0.3) is 0 Å². The van der Waals surface area contributed by atoms with Crippen LogP contribution in [0.3, 0.4) is 0 Å². The van der Waals surface area contributed by atoms with Gasteiger partial charge in [-0.25, -0.2) is 9.97 Å². The Labute approximate surface area is 112 Å². The number of nitriles is 1. The van der Waals surface area contributed by atoms with E-state index >= 15 is 0 Å². The van der Waals surface area contributed by atoms with E-state index in [9.17, 15) is 0 Å². The lowest BCUT2D eigenvalue weighted by molar-refractivity contribution is 0.397. The predicted molar refractivity (Wildman–Crippen MR) is 71.4 cm³/mol. The lowest BCUT2D eigenvalue weighted by Crippen LogP contribution is -2.26. The molecular weight excluding hydrogens is 248 g/mol. The first-order valence-corrected chi connectivity index (χ1v) is 6.78. The van der Waals surface area contributed by atoms with E-state index in [1.807, 2.05) is 6.92 Å². The molecule has 0 aromatic carbocycles. The average Bonchev–Trinajstić information content (AvgIpc) is 2.42. The third kappa shape index (κ3) is 2.91. The number of aromatic nitrogens is 2. The predicted octanol–water partition coefficient (Wildman–Crippen LogP) is 3.19. The Bertz CT molecular complexity index is 447. The monoisotopic (exact) mass is 264 g/mol. The number of nitrogens with one attached hydrogen (secondary N) is 1. The van der Waals surface area contributed by atoms with Gasteiger partial charge in [0, 0.05) is 12.0 Å². The van der Waals surface area contributed by atoms with Crippen molar-refractivity contribution in [3.05, 3.63) is 17.0 Å². The summed E-state index contributed by atoms with van der Waals surface area (Å²) in [4.78, 5) is 8.35. The molecule has 18 heavy (non-hydrogen) atoms. The van der Waals surface area contributed by atoms with Gasteiger partial charge < -0.3 is 5.32 Å². The second-order valence-corrected chi connectivity index (χ2v) is 5.04. The highest BCUT2D eigenvalue weighted by Gasteiger charge is 2.21. The van der Waals surface area contributed by atoms with Crippen LogP contribution in [0.2, 0.25) is 5.02 Å². The van der Waals surface area contributed by atoms with E-state index < -0.39 is 0 Å². The summed E-state index contributed by atoms with van der Waals surface area (Å²) in [6, 6.07) is 2.71. The number of hydrogen-bond donors (Lipinski definition) is 1. The zero-order chi connectivity index (χ0) is 13.0. The van der Waals surface area contributed by atoms with E-state index in [1.165, 1.54) is 0 Å². The van der Waals surface area contributed by atoms with Crippen LogP contribution in [-0.2, 0) is 6.42 Å². The summed E-state index contributed by atoms with van der Waals surface area (Å²) in [5, 5.41) is 12.9. The molecule has 4 nitrogen and oxygen atoms in total. The first-order chi connectivity index (χ1) is 8.74. The van der Waals surface area contributed by atoms with Crippen LogP contribution in [0.5, 0.6) is 0 Å². The van der Waals surface area contributed by atoms with Crippen molar-refractivity contribution in [3.63, 3.8) is 0 Å². The van der Waals surface area contributed by atoms with Crippen molar-refractivity contribution < 1.29 is 0 Å². The SMILES string of the molecule is CCc1ncnc(N[C@H]2CC[C@@H](C#N)CC2)c1Cl. The van der Waals surface area contributed by atoms with Crippen LogP contribution in [0.4, 0.5) is 5.82 Å². The molecule has 5 heteroatoms. The highest BCUT2D eigenvalue weighted by atomic mass is 35.5. The van der Waals surface area contributed by atoms with Crippen molar-refractivity contribution in [2.75, 3.05) is 5.32 Å². The molecule has 0 atom stereocenters. The van der Waals surface area contributed by atoms with Crippen molar-refractivity contribution in [2.45, 2.75) is 45.1 Å². The summed E-state index contributed by atoms with van der Waals surface area (Å²) in [5.41, 5.74) is 0.875. The van der Waals surface area contributed by atoms with Crippen LogP contribution in [0.1, 0.15) is 38.3 Å². The lowest BCUT2D eigenvalue weighted by atomic mass is 9.87. The molecule has 1 fully saturated rings. The molecule has 1 aliphatic carbocycles. The molecule has 1 aromatic heterocycles. The fraction of sp³-hybridized carbons (Fsp3) is 0.615. The molecule has 0 saturated heterocycles. The Kier molecular flexibility index (Phi) is 4.38. The van der Waals surface area contributed by atoms with Crippen LogP contribution in [-0.4, -0.2) is 16.0 Å². The zero-order valence-electron chi connectivity index (χ0n) is 10.5. The second kappa shape index (κ2) is 6.01. The van der Waals surface area contributed by atoms with Crippen LogP contribution in [0, 0.1) is 17.2 Å². The Balaban J connectivity index is 2.00. The van der Waals surface area contributed by atoms with Gasteiger partial charge in [0.2, 0.25) is 0 Å². The first-order valence-electron chi connectivity index (χ1n) is 6.40. The Morgan fingerprint density at radius 1 is 1.39 bits per heavy atom. The van der Waals surface area contributed by atoms with E-state index in [4.69, 9.17) is 16.9 Å². The Morgan fingerprint density at radius 2 is 2.11 bits per heavy atom. The summed E-state index contributed by atoms with van der Waals surface area (Å²) in [6.45, 7) is 2.02. The lowest BCUT2D eigenvalue weighted by Gasteiger charge is -2.26. The van der Waals surface area contributed by atoms with Crippen molar-refractivity contribution in [2.24, 2.45) is 5.92 Å². The van der Waals surface area contributed by atoms with Gasteiger partial charge in [0.05, 0.1) is 11.8 Å². The van der Waals surface area contributed by atoms with Crippen molar-refractivity contribution in [1.82, 2.24) is 9.97 Å². The van der Waals surface area contributed by atoms with Crippen LogP contribution in [0.15, 0.2) is 6.33 Å². The normalized spacial score (nSPS) is 23.4. The summed E-state index contributed by atoms with van der Waals surface area (Å²) in [7, 11) is 0. The molecule has 0 amide bonds. The van der Waals surface area contributed by atoms with Gasteiger partial charge in [-0.3, -0.25) is 0 Å². The van der Waals surface area contributed by atoms with E-state index in [0.29, 0.717) is 11.1 Å². The van der Waals surface area contributed by atoms with E-state index in [1.54, 1.807) is 6.33 Å². The molecular formula is C13H17ClN4. The minimum absolute atomic E-state index is 0.218. The number of rotatable bonds is 3. The molecule has 1 N–H and O–H groups in total. The molecule has 1 heterocycles. The highest BCUT2D eigenvalue weighted by molar-refractivity contribution is 6.33. The Morgan fingerprint density at radius 3 is 2.72 bits per heavy atom. The number of aryl methyl sites for hydroxylation is 1. The first kappa shape index (κ1) is 13.1. The van der Waals surface area contributed by atoms with Crippen LogP contribution < -0.4 is 5.32 Å². The standard InChI is InChI=1S/C13H17ClN4/c1-2-11-12(14)13(17-8-16-11)18-10-5-3-9(7-15)4-6-10/h8-10H,2-6H2,1H3,(H,16,17,18)/t9-,10+. The third-order valence-corrected chi connectivity index (χ3v) is 3.84. The maximum Gasteiger partial charge on any atom is 0.148 e. The fourth-order valence-electron chi connectivity index (χ4n) is 2.31. The number of nitrogens with zero attached hydrogens (tertiary/aromatic N) is 3. The van der Waals surface area contributed by atoms with Gasteiger partial charge in [-0.2, -0.15) is 5.26 Å². The van der Waals surface area contributed by atoms with Gasteiger partial charge in [-0.05, 0) is 32.1 Å². The summed E-state index contributed by atoms with van der Waals surface area (Å²) in [6.07, 6.45) is 6.26. The van der Waals surface area contributed by atoms with Gasteiger partial charge in [-0.1, -0.05) is 18.5 Å². The summed E-state index contributed by atoms with van der Waals surface area (Å²) >= 11 is 6.24. The molecule has 0 radical (unpaired) electrons. The third-order valence-electron chi connectivity index (χ3n) is 3.45. The molecule has 1 aromatic rings. The van der Waals surface area contributed by atoms with Crippen molar-refractivity contribution in [1.29, 1.82) is 5.26 Å². The van der Waals surface area contributed by atoms with Crippen LogP contribution >= 0.6 is 11.6 Å². The number of anilines is 1. The van der Waals surface area contributed by atoms with Crippen molar-refractivity contribution in [3.8, 4) is 6.07 Å². The number of halogens is 1. The highest BCUT2D eigenvalue weighted by Crippen LogP contribution is 2.28. The molecule has 0 unspecified atom stereocenters. The summed E-state index contributed by atoms with van der Waals surface area (Å²) < 4.78 is 0. The van der Waals surface area contributed by atoms with Crippen molar-refractivity contribution >= 4 is 17.4 Å². The van der Waals surface area contributed by atoms with Gasteiger partial charge in [-0.15, -0.1) is 0 Å². The zero-order valence-corrected chi connectivity index (χ0v) is 11.2. The van der Waals surface area contributed by atoms with E-state index in [2.05, 4.69) is 21.4 Å². The minimum Gasteiger partial charge on any atom is -0.366 e. The smallest absolute Gasteiger partial charge is 0.148 e.